The van der Waals surface area contributed by atoms with Crippen molar-refractivity contribution in [1.29, 1.82) is 0 Å². The van der Waals surface area contributed by atoms with E-state index in [1.165, 1.54) is 0 Å². The van der Waals surface area contributed by atoms with Crippen LogP contribution < -0.4 is 40.9 Å². The summed E-state index contributed by atoms with van der Waals surface area (Å²) in [5.74, 6) is -3.50. The molecular weight excluding hydrogens is 2140 g/mol. The van der Waals surface area contributed by atoms with Crippen molar-refractivity contribution in [1.82, 2.24) is 19.9 Å². The van der Waals surface area contributed by atoms with E-state index in [2.05, 4.69) is 19.9 Å². The molecular formula is C124H144N4O8Th2. The third-order valence-electron chi connectivity index (χ3n) is 24.5. The van der Waals surface area contributed by atoms with Gasteiger partial charge in [0, 0.05) is 73.2 Å². The molecule has 0 radical (unpaired) electrons. The summed E-state index contributed by atoms with van der Waals surface area (Å²) < 4.78 is 0. The number of hydrogen-bond donors (Lipinski definition) is 0. The van der Waals surface area contributed by atoms with Crippen LogP contribution in [-0.4, -0.2) is 19.9 Å². The molecule has 0 saturated heterocycles. The molecule has 0 fully saturated rings. The Morgan fingerprint density at radius 3 is 0.370 bits per heavy atom. The number of rotatable bonds is 12. The molecule has 0 aliphatic carbocycles. The molecule has 0 saturated carbocycles. The van der Waals surface area contributed by atoms with E-state index in [1.807, 2.05) is 440 Å². The fourth-order valence-corrected chi connectivity index (χ4v) is 17.8. The van der Waals surface area contributed by atoms with Crippen molar-refractivity contribution >= 4 is 0 Å². The van der Waals surface area contributed by atoms with E-state index < -0.39 is 67.0 Å². The number of hydrogen-bond acceptors (Lipinski definition) is 12. The van der Waals surface area contributed by atoms with Gasteiger partial charge in [-0.05, 0) is 259 Å². The Hall–Kier alpha value is -10.2. The molecule has 0 N–H and O–H groups in total. The Kier molecular flexibility index (Phi) is 39.5. The zero-order valence-corrected chi connectivity index (χ0v) is 96.0. The molecule has 0 aliphatic heterocycles. The van der Waals surface area contributed by atoms with Gasteiger partial charge in [-0.15, -0.1) is 46.0 Å². The van der Waals surface area contributed by atoms with Crippen LogP contribution in [0.4, 0.5) is 0 Å². The Balaban J connectivity index is 0.000000296. The van der Waals surface area contributed by atoms with Crippen LogP contribution in [0.3, 0.4) is 0 Å². The summed E-state index contributed by atoms with van der Waals surface area (Å²) in [5, 5.41) is 118. The van der Waals surface area contributed by atoms with Gasteiger partial charge in [0.05, 0.1) is 0 Å². The van der Waals surface area contributed by atoms with Crippen LogP contribution in [0.5, 0.6) is 46.0 Å². The molecule has 0 amide bonds. The quantitative estimate of drug-likeness (QED) is 0.104. The van der Waals surface area contributed by atoms with Gasteiger partial charge < -0.3 is 40.9 Å². The van der Waals surface area contributed by atoms with Crippen molar-refractivity contribution in [3.63, 3.8) is 0 Å². The van der Waals surface area contributed by atoms with E-state index in [1.54, 1.807) is 49.6 Å². The van der Waals surface area contributed by atoms with E-state index in [4.69, 9.17) is 0 Å². The van der Waals surface area contributed by atoms with Crippen LogP contribution in [0, 0.1) is 135 Å². The predicted molar refractivity (Wildman–Crippen MR) is 548 cm³/mol. The van der Waals surface area contributed by atoms with Crippen LogP contribution in [0.2, 0.25) is 0 Å². The first kappa shape index (κ1) is 115. The number of aromatic nitrogens is 4. The summed E-state index contributed by atoms with van der Waals surface area (Å²) in [6.07, 6.45) is 14.0. The van der Waals surface area contributed by atoms with Gasteiger partial charge in [-0.25, -0.2) is 0 Å². The molecule has 0 atom stereocenters. The van der Waals surface area contributed by atoms with Crippen molar-refractivity contribution in [2.24, 2.45) is 0 Å². The molecule has 14 rings (SSSR count). The SMILES string of the molecule is Cc1cc(C(c2cccc(C(c3cc(C)cc(C(C)(C)C)c3[O-])c3cc(C)cc(C(C)(C)C)c3[O-])c2)c2cc(C)cc(C(C)(C)C)c2[O-])c([O-])c(C(C)(C)C)c1.Cc1cc(C(c2cccc(C(c3cc(C)cc(C(C)(C)C)c3[O-])c3cc(C)cc(C(C)(C)C)c3[O-])c2)c2cc(C)cc(C(C)(C)C)c2[O-])c([O-])c(C(C)(C)C)c1.[Th+4].[Th+4].c1ccncc1.c1ccncc1.c1ccncc1.c1ccncc1. The fraction of sp³-hybridized carbons (Fsp3) is 0.355. The normalized spacial score (nSPS) is 11.9. The summed E-state index contributed by atoms with van der Waals surface area (Å²) in [4.78, 5) is 15.1. The number of benzene rings is 10. The standard InChI is InChI=1S/2C52H66O4.4C5H5N.2Th/c2*1-29-20-35(45(53)39(24-29)49(5,6)7)43(36-21-30(2)25-40(46(36)54)50(8,9)10)33-18-17-19-34(28-33)44(37-22-31(3)26-41(47(37)55)51(11,12)13)38-23-32(4)27-42(48(38)56)52(14,15)16;4*1-2-4-6-5-3-1;;/h2*17-28,43-44,53-56H,1-16H3;4*1-5H;;/q;;;;;;2*+4/p-8. The summed E-state index contributed by atoms with van der Waals surface area (Å²) >= 11 is 0. The summed E-state index contributed by atoms with van der Waals surface area (Å²) in [6.45, 7) is 65.0. The third-order valence-corrected chi connectivity index (χ3v) is 24.5. The molecule has 4 aromatic heterocycles. The first-order chi connectivity index (χ1) is 63.2. The Bertz CT molecular complexity index is 5240. The molecule has 0 spiro atoms. The number of aryl methyl sites for hydroxylation is 8. The second-order valence-corrected chi connectivity index (χ2v) is 45.0. The van der Waals surface area contributed by atoms with E-state index >= 15 is 0 Å². The minimum absolute atomic E-state index is 0. The smallest absolute Gasteiger partial charge is 0.872 e. The monoisotopic (exact) mass is 2280 g/mol. The Morgan fingerprint density at radius 1 is 0.167 bits per heavy atom. The number of pyridine rings is 4. The zero-order chi connectivity index (χ0) is 101. The van der Waals surface area contributed by atoms with E-state index in [0.29, 0.717) is 89.0 Å². The molecule has 10 aromatic carbocycles. The Morgan fingerprint density at radius 2 is 0.283 bits per heavy atom. The first-order valence-corrected chi connectivity index (χ1v) is 47.4. The van der Waals surface area contributed by atoms with Gasteiger partial charge in [0.2, 0.25) is 0 Å². The van der Waals surface area contributed by atoms with E-state index in [-0.39, 0.29) is 126 Å². The molecule has 0 unspecified atom stereocenters. The van der Waals surface area contributed by atoms with E-state index in [9.17, 15) is 40.9 Å². The van der Waals surface area contributed by atoms with Crippen molar-refractivity contribution < 1.29 is 121 Å². The average Bonchev–Trinajstić information content (AvgIpc) is 0.753. The Labute approximate surface area is 890 Å². The minimum atomic E-state index is -0.707. The van der Waals surface area contributed by atoms with E-state index in [0.717, 1.165) is 66.8 Å². The van der Waals surface area contributed by atoms with Crippen LogP contribution in [0.25, 0.3) is 0 Å². The van der Waals surface area contributed by atoms with Gasteiger partial charge in [0.15, 0.2) is 0 Å². The average molecular weight is 2280 g/mol. The molecule has 0 aliphatic rings. The summed E-state index contributed by atoms with van der Waals surface area (Å²) in [5.41, 5.74) is 16.9. The molecule has 4 heterocycles. The van der Waals surface area contributed by atoms with Gasteiger partial charge in [-0.3, -0.25) is 19.9 Å². The minimum Gasteiger partial charge on any atom is -0.872 e. The van der Waals surface area contributed by atoms with Gasteiger partial charge in [0.25, 0.3) is 0 Å². The van der Waals surface area contributed by atoms with Gasteiger partial charge in [-0.1, -0.05) is 381 Å². The van der Waals surface area contributed by atoms with Crippen molar-refractivity contribution in [2.45, 2.75) is 289 Å². The zero-order valence-electron chi connectivity index (χ0n) is 87.8. The maximum absolute atomic E-state index is 14.7. The predicted octanol–water partition coefficient (Wildman–Crippen LogP) is 25.9. The third kappa shape index (κ3) is 29.5. The topological polar surface area (TPSA) is 236 Å². The molecule has 0 bridgehead atoms. The maximum atomic E-state index is 14.7. The van der Waals surface area contributed by atoms with Crippen LogP contribution in [0.1, 0.15) is 346 Å². The van der Waals surface area contributed by atoms with Crippen LogP contribution in [-0.2, 0) is 43.3 Å². The summed E-state index contributed by atoms with van der Waals surface area (Å²) in [7, 11) is 0. The van der Waals surface area contributed by atoms with Crippen LogP contribution >= 0.6 is 0 Å². The second kappa shape index (κ2) is 47.4. The molecule has 138 heavy (non-hydrogen) atoms. The van der Waals surface area contributed by atoms with Crippen molar-refractivity contribution in [3.05, 3.63) is 424 Å². The molecule has 12 nitrogen and oxygen atoms in total. The maximum Gasteiger partial charge on any atom is 4.00 e. The van der Waals surface area contributed by atoms with Gasteiger partial charge in [-0.2, -0.15) is 0 Å². The molecule has 14 heteroatoms. The molecule has 716 valence electrons. The largest absolute Gasteiger partial charge is 4.00 e. The first-order valence-electron chi connectivity index (χ1n) is 47.4. The van der Waals surface area contributed by atoms with Crippen molar-refractivity contribution in [3.8, 4) is 46.0 Å². The molecule has 14 aromatic rings. The number of nitrogens with zero attached hydrogens (tertiary/aromatic N) is 4. The summed E-state index contributed by atoms with van der Waals surface area (Å²) in [6, 6.07) is 69.9. The van der Waals surface area contributed by atoms with Gasteiger partial charge in [0.1, 0.15) is 0 Å². The van der Waals surface area contributed by atoms with Gasteiger partial charge >= 0.3 is 79.9 Å². The fourth-order valence-electron chi connectivity index (χ4n) is 17.8. The van der Waals surface area contributed by atoms with Crippen molar-refractivity contribution in [2.75, 3.05) is 0 Å². The second-order valence-electron chi connectivity index (χ2n) is 45.0. The van der Waals surface area contributed by atoms with Crippen LogP contribution in [0.15, 0.2) is 268 Å².